The summed E-state index contributed by atoms with van der Waals surface area (Å²) in [5.74, 6) is 0. The van der Waals surface area contributed by atoms with E-state index in [9.17, 15) is 15.0 Å². The quantitative estimate of drug-likeness (QED) is 0.511. The fourth-order valence-corrected chi connectivity index (χ4v) is 2.52. The highest BCUT2D eigenvalue weighted by molar-refractivity contribution is 5.74. The number of aromatic amines is 1. The zero-order chi connectivity index (χ0) is 18.4. The van der Waals surface area contributed by atoms with E-state index < -0.39 is 18.3 Å². The number of fused-ring (bicyclic) bond motifs is 1. The molecule has 0 saturated heterocycles. The van der Waals surface area contributed by atoms with Crippen LogP contribution in [0.2, 0.25) is 0 Å². The molecule has 0 bridgehead atoms. The molecule has 0 fully saturated rings. The van der Waals surface area contributed by atoms with Crippen molar-refractivity contribution in [2.24, 2.45) is 0 Å². The molecule has 4 N–H and O–H groups in total. The minimum Gasteiger partial charge on any atom is -0.445 e. The van der Waals surface area contributed by atoms with Crippen molar-refractivity contribution in [2.45, 2.75) is 25.2 Å². The number of nitrogens with one attached hydrogen (secondary N) is 2. The van der Waals surface area contributed by atoms with E-state index >= 15 is 0 Å². The van der Waals surface area contributed by atoms with Gasteiger partial charge in [-0.3, -0.25) is 0 Å². The van der Waals surface area contributed by atoms with Gasteiger partial charge in [0.1, 0.15) is 23.7 Å². The Morgan fingerprint density at radius 3 is 2.69 bits per heavy atom. The van der Waals surface area contributed by atoms with E-state index in [1.54, 1.807) is 18.2 Å². The Bertz CT molecular complexity index is 853. The minimum absolute atomic E-state index is 0.176. The molecule has 26 heavy (non-hydrogen) atoms. The molecule has 3 rings (SSSR count). The predicted molar refractivity (Wildman–Crippen MR) is 94.1 cm³/mol. The molecule has 2 aromatic carbocycles. The third kappa shape index (κ3) is 4.56. The molecule has 0 aliphatic heterocycles. The summed E-state index contributed by atoms with van der Waals surface area (Å²) >= 11 is 0. The molecular formula is C18H20N4O4. The summed E-state index contributed by atoms with van der Waals surface area (Å²) in [4.78, 5) is 11.7. The van der Waals surface area contributed by atoms with Crippen LogP contribution in [-0.4, -0.2) is 44.4 Å². The number of benzene rings is 2. The summed E-state index contributed by atoms with van der Waals surface area (Å²) in [6, 6.07) is 14.4. The Balaban J connectivity index is 1.42. The maximum Gasteiger partial charge on any atom is 0.407 e. The Hall–Kier alpha value is -2.97. The number of amides is 1. The van der Waals surface area contributed by atoms with E-state index in [-0.39, 0.29) is 19.6 Å². The summed E-state index contributed by atoms with van der Waals surface area (Å²) in [5, 5.41) is 33.3. The highest BCUT2D eigenvalue weighted by Gasteiger charge is 2.19. The molecular weight excluding hydrogens is 336 g/mol. The maximum absolute atomic E-state index is 11.7. The molecule has 136 valence electrons. The smallest absolute Gasteiger partial charge is 0.407 e. The molecule has 8 nitrogen and oxygen atoms in total. The van der Waals surface area contributed by atoms with Gasteiger partial charge >= 0.3 is 6.09 Å². The maximum atomic E-state index is 11.7. The number of hydrogen-bond donors (Lipinski definition) is 4. The van der Waals surface area contributed by atoms with Gasteiger partial charge in [-0.15, -0.1) is 0 Å². The number of alkyl carbamates (subject to hydrolysis) is 1. The fourth-order valence-electron chi connectivity index (χ4n) is 2.52. The SMILES string of the molecule is O=C(NCCC(O)C(O)c1ccc2n[nH]nc2c1)OCc1ccccc1. The normalized spacial score (nSPS) is 13.3. The number of nitrogens with zero attached hydrogens (tertiary/aromatic N) is 2. The van der Waals surface area contributed by atoms with Gasteiger partial charge in [0, 0.05) is 6.54 Å². The van der Waals surface area contributed by atoms with Crippen LogP contribution in [0.3, 0.4) is 0 Å². The third-order valence-electron chi connectivity index (χ3n) is 3.97. The van der Waals surface area contributed by atoms with Gasteiger partial charge in [0.05, 0.1) is 6.10 Å². The molecule has 0 spiro atoms. The lowest BCUT2D eigenvalue weighted by atomic mass is 10.0. The predicted octanol–water partition coefficient (Wildman–Crippen LogP) is 1.67. The number of rotatable bonds is 7. The summed E-state index contributed by atoms with van der Waals surface area (Å²) in [7, 11) is 0. The van der Waals surface area contributed by atoms with E-state index in [2.05, 4.69) is 20.7 Å². The van der Waals surface area contributed by atoms with Gasteiger partial charge in [0.25, 0.3) is 0 Å². The number of aliphatic hydroxyl groups is 2. The Kier molecular flexibility index (Phi) is 5.77. The molecule has 0 saturated carbocycles. The minimum atomic E-state index is -1.08. The topological polar surface area (TPSA) is 120 Å². The first-order valence-electron chi connectivity index (χ1n) is 8.24. The zero-order valence-corrected chi connectivity index (χ0v) is 14.0. The van der Waals surface area contributed by atoms with Gasteiger partial charge < -0.3 is 20.3 Å². The molecule has 8 heteroatoms. The number of carbonyl (C=O) groups excluding carboxylic acids is 1. The number of aliphatic hydroxyl groups excluding tert-OH is 2. The second-order valence-electron chi connectivity index (χ2n) is 5.86. The van der Waals surface area contributed by atoms with Crippen LogP contribution in [0.5, 0.6) is 0 Å². The first-order chi connectivity index (χ1) is 12.6. The summed E-state index contributed by atoms with van der Waals surface area (Å²) in [6.07, 6.45) is -2.51. The summed E-state index contributed by atoms with van der Waals surface area (Å²) < 4.78 is 5.08. The van der Waals surface area contributed by atoms with E-state index in [1.165, 1.54) is 0 Å². The van der Waals surface area contributed by atoms with Crippen molar-refractivity contribution >= 4 is 17.1 Å². The van der Waals surface area contributed by atoms with Crippen LogP contribution in [0, 0.1) is 0 Å². The fraction of sp³-hybridized carbons (Fsp3) is 0.278. The second-order valence-corrected chi connectivity index (χ2v) is 5.86. The van der Waals surface area contributed by atoms with Crippen molar-refractivity contribution < 1.29 is 19.7 Å². The van der Waals surface area contributed by atoms with E-state index in [4.69, 9.17) is 4.74 Å². The molecule has 0 radical (unpaired) electrons. The standard InChI is InChI=1S/C18H20N4O4/c23-16(17(24)13-6-7-14-15(10-13)21-22-20-14)8-9-19-18(25)26-11-12-4-2-1-3-5-12/h1-7,10,16-17,23-24H,8-9,11H2,(H,19,25)(H,20,21,22). The first-order valence-corrected chi connectivity index (χ1v) is 8.24. The second kappa shape index (κ2) is 8.41. The van der Waals surface area contributed by atoms with E-state index in [0.717, 1.165) is 5.56 Å². The highest BCUT2D eigenvalue weighted by Crippen LogP contribution is 2.21. The van der Waals surface area contributed by atoms with Crippen LogP contribution in [0.4, 0.5) is 4.79 Å². The van der Waals surface area contributed by atoms with Crippen LogP contribution >= 0.6 is 0 Å². The molecule has 2 unspecified atom stereocenters. The Morgan fingerprint density at radius 1 is 1.12 bits per heavy atom. The van der Waals surface area contributed by atoms with E-state index in [0.29, 0.717) is 16.6 Å². The molecule has 0 aliphatic rings. The highest BCUT2D eigenvalue weighted by atomic mass is 16.5. The average molecular weight is 356 g/mol. The molecule has 1 heterocycles. The van der Waals surface area contributed by atoms with Crippen molar-refractivity contribution in [1.82, 2.24) is 20.7 Å². The Labute approximate surface area is 149 Å². The van der Waals surface area contributed by atoms with Crippen molar-refractivity contribution in [2.75, 3.05) is 6.54 Å². The number of hydrogen-bond acceptors (Lipinski definition) is 6. The number of carbonyl (C=O) groups is 1. The first kappa shape index (κ1) is 17.8. The van der Waals surface area contributed by atoms with Crippen molar-refractivity contribution in [3.8, 4) is 0 Å². The van der Waals surface area contributed by atoms with Crippen LogP contribution in [-0.2, 0) is 11.3 Å². The number of H-pyrrole nitrogens is 1. The number of ether oxygens (including phenoxy) is 1. The van der Waals surface area contributed by atoms with Crippen LogP contribution in [0.15, 0.2) is 48.5 Å². The average Bonchev–Trinajstić information content (AvgIpc) is 3.14. The van der Waals surface area contributed by atoms with Crippen LogP contribution < -0.4 is 5.32 Å². The summed E-state index contributed by atoms with van der Waals surface area (Å²) in [5.41, 5.74) is 2.71. The van der Waals surface area contributed by atoms with Crippen molar-refractivity contribution in [1.29, 1.82) is 0 Å². The van der Waals surface area contributed by atoms with Crippen LogP contribution in [0.1, 0.15) is 23.7 Å². The lowest BCUT2D eigenvalue weighted by Gasteiger charge is -2.18. The van der Waals surface area contributed by atoms with Gasteiger partial charge in [0.2, 0.25) is 0 Å². The van der Waals surface area contributed by atoms with Gasteiger partial charge in [-0.2, -0.15) is 15.4 Å². The van der Waals surface area contributed by atoms with Crippen molar-refractivity contribution in [3.05, 3.63) is 59.7 Å². The van der Waals surface area contributed by atoms with Gasteiger partial charge in [-0.25, -0.2) is 4.79 Å². The molecule has 3 aromatic rings. The Morgan fingerprint density at radius 2 is 1.88 bits per heavy atom. The molecule has 1 aromatic heterocycles. The zero-order valence-electron chi connectivity index (χ0n) is 14.0. The molecule has 2 atom stereocenters. The molecule has 1 amide bonds. The van der Waals surface area contributed by atoms with Gasteiger partial charge in [-0.1, -0.05) is 36.4 Å². The lowest BCUT2D eigenvalue weighted by Crippen LogP contribution is -2.29. The monoisotopic (exact) mass is 356 g/mol. The third-order valence-corrected chi connectivity index (χ3v) is 3.97. The molecule has 0 aliphatic carbocycles. The largest absolute Gasteiger partial charge is 0.445 e. The lowest BCUT2D eigenvalue weighted by molar-refractivity contribution is 0.0137. The van der Waals surface area contributed by atoms with Gasteiger partial charge in [0.15, 0.2) is 0 Å². The van der Waals surface area contributed by atoms with Gasteiger partial charge in [-0.05, 0) is 29.7 Å². The van der Waals surface area contributed by atoms with E-state index in [1.807, 2.05) is 30.3 Å². The van der Waals surface area contributed by atoms with Crippen LogP contribution in [0.25, 0.3) is 11.0 Å². The van der Waals surface area contributed by atoms with Crippen molar-refractivity contribution in [3.63, 3.8) is 0 Å². The summed E-state index contributed by atoms with van der Waals surface area (Å²) in [6.45, 7) is 0.355. The number of aromatic nitrogens is 3.